The highest BCUT2D eigenvalue weighted by Gasteiger charge is 2.18. The van der Waals surface area contributed by atoms with Gasteiger partial charge in [-0.05, 0) is 24.6 Å². The van der Waals surface area contributed by atoms with Crippen LogP contribution in [0.1, 0.15) is 21.7 Å². The van der Waals surface area contributed by atoms with Crippen LogP contribution < -0.4 is 5.32 Å². The highest BCUT2D eigenvalue weighted by molar-refractivity contribution is 7.21. The summed E-state index contributed by atoms with van der Waals surface area (Å²) in [5.41, 5.74) is 0.560. The summed E-state index contributed by atoms with van der Waals surface area (Å²) in [6.45, 7) is 1.70. The number of hydrogen-bond acceptors (Lipinski definition) is 4. The fraction of sp³-hybridized carbons (Fsp3) is 0.286. The summed E-state index contributed by atoms with van der Waals surface area (Å²) in [5, 5.41) is 20.6. The van der Waals surface area contributed by atoms with Crippen molar-refractivity contribution in [3.63, 3.8) is 0 Å². The predicted octanol–water partition coefficient (Wildman–Crippen LogP) is 1.91. The molecule has 1 aromatic carbocycles. The molecule has 3 N–H and O–H groups in total. The number of rotatable bonds is 5. The zero-order chi connectivity index (χ0) is 15.6. The van der Waals surface area contributed by atoms with Crippen LogP contribution in [-0.4, -0.2) is 34.7 Å². The third kappa shape index (κ3) is 3.20. The van der Waals surface area contributed by atoms with Crippen LogP contribution in [0.15, 0.2) is 18.2 Å². The number of aliphatic hydroxyl groups is 1. The number of carbonyl (C=O) groups excluding carboxylic acids is 1. The van der Waals surface area contributed by atoms with Gasteiger partial charge >= 0.3 is 5.97 Å². The molecule has 0 spiro atoms. The number of aliphatic carboxylic acids is 1. The van der Waals surface area contributed by atoms with Crippen molar-refractivity contribution in [2.24, 2.45) is 0 Å². The SMILES string of the molecule is Cc1c(C(=O)NCCC(O)C(=O)O)sc2cccc(F)c12. The van der Waals surface area contributed by atoms with E-state index >= 15 is 0 Å². The molecule has 0 aliphatic carbocycles. The molecule has 5 nitrogen and oxygen atoms in total. The zero-order valence-electron chi connectivity index (χ0n) is 11.2. The first-order valence-corrected chi connectivity index (χ1v) is 7.10. The van der Waals surface area contributed by atoms with E-state index < -0.39 is 18.0 Å². The topological polar surface area (TPSA) is 86.6 Å². The van der Waals surface area contributed by atoms with E-state index in [0.29, 0.717) is 20.5 Å². The number of amides is 1. The molecule has 112 valence electrons. The van der Waals surface area contributed by atoms with Crippen LogP contribution in [0, 0.1) is 12.7 Å². The van der Waals surface area contributed by atoms with E-state index in [9.17, 15) is 14.0 Å². The van der Waals surface area contributed by atoms with E-state index in [4.69, 9.17) is 10.2 Å². The third-order valence-corrected chi connectivity index (χ3v) is 4.35. The molecule has 1 unspecified atom stereocenters. The molecule has 2 rings (SSSR count). The fourth-order valence-electron chi connectivity index (χ4n) is 2.00. The number of fused-ring (bicyclic) bond motifs is 1. The van der Waals surface area contributed by atoms with Crippen LogP contribution in [0.5, 0.6) is 0 Å². The Bertz CT molecular complexity index is 698. The van der Waals surface area contributed by atoms with Gasteiger partial charge in [0, 0.05) is 23.1 Å². The standard InChI is InChI=1S/C14H14FNO4S/c1-7-11-8(15)3-2-4-10(11)21-12(7)13(18)16-6-5-9(17)14(19)20/h2-4,9,17H,5-6H2,1H3,(H,16,18)(H,19,20). The number of carbonyl (C=O) groups is 2. The summed E-state index contributed by atoms with van der Waals surface area (Å²) in [6.07, 6.45) is -1.59. The van der Waals surface area contributed by atoms with Gasteiger partial charge in [-0.15, -0.1) is 11.3 Å². The average molecular weight is 311 g/mol. The maximum Gasteiger partial charge on any atom is 0.332 e. The number of aryl methyl sites for hydroxylation is 1. The van der Waals surface area contributed by atoms with Crippen molar-refractivity contribution in [2.75, 3.05) is 6.54 Å². The molecule has 0 aliphatic heterocycles. The van der Waals surface area contributed by atoms with Gasteiger partial charge in [-0.2, -0.15) is 0 Å². The Balaban J connectivity index is 2.12. The minimum Gasteiger partial charge on any atom is -0.479 e. The van der Waals surface area contributed by atoms with Crippen molar-refractivity contribution in [3.8, 4) is 0 Å². The van der Waals surface area contributed by atoms with Gasteiger partial charge in [0.05, 0.1) is 4.88 Å². The first kappa shape index (κ1) is 15.4. The molecule has 21 heavy (non-hydrogen) atoms. The van der Waals surface area contributed by atoms with E-state index in [-0.39, 0.29) is 18.8 Å². The summed E-state index contributed by atoms with van der Waals surface area (Å²) in [4.78, 5) is 22.9. The number of carboxylic acid groups (broad SMARTS) is 1. The normalized spacial score (nSPS) is 12.3. The van der Waals surface area contributed by atoms with Crippen LogP contribution in [0.4, 0.5) is 4.39 Å². The van der Waals surface area contributed by atoms with Gasteiger partial charge < -0.3 is 15.5 Å². The number of thiophene rings is 1. The van der Waals surface area contributed by atoms with Crippen molar-refractivity contribution in [2.45, 2.75) is 19.4 Å². The molecule has 2 aromatic rings. The van der Waals surface area contributed by atoms with Gasteiger partial charge in [0.15, 0.2) is 6.10 Å². The lowest BCUT2D eigenvalue weighted by Gasteiger charge is -2.06. The first-order chi connectivity index (χ1) is 9.91. The zero-order valence-corrected chi connectivity index (χ0v) is 12.0. The van der Waals surface area contributed by atoms with Gasteiger partial charge in [0.25, 0.3) is 5.91 Å². The van der Waals surface area contributed by atoms with Crippen LogP contribution in [0.3, 0.4) is 0 Å². The Kier molecular flexibility index (Phi) is 4.54. The van der Waals surface area contributed by atoms with Crippen LogP contribution in [0.25, 0.3) is 10.1 Å². The molecule has 0 radical (unpaired) electrons. The minimum absolute atomic E-state index is 0.0302. The molecule has 0 fully saturated rings. The van der Waals surface area contributed by atoms with Crippen molar-refractivity contribution in [1.82, 2.24) is 5.32 Å². The Morgan fingerprint density at radius 1 is 1.43 bits per heavy atom. The van der Waals surface area contributed by atoms with Gasteiger partial charge in [0.2, 0.25) is 0 Å². The minimum atomic E-state index is -1.51. The van der Waals surface area contributed by atoms with Crippen LogP contribution >= 0.6 is 11.3 Å². The quantitative estimate of drug-likeness (QED) is 0.787. The average Bonchev–Trinajstić information content (AvgIpc) is 2.77. The Morgan fingerprint density at radius 3 is 2.76 bits per heavy atom. The number of hydrogen-bond donors (Lipinski definition) is 3. The fourth-order valence-corrected chi connectivity index (χ4v) is 3.14. The van der Waals surface area contributed by atoms with Crippen LogP contribution in [0.2, 0.25) is 0 Å². The van der Waals surface area contributed by atoms with E-state index in [0.717, 1.165) is 0 Å². The van der Waals surface area contributed by atoms with Gasteiger partial charge in [-0.3, -0.25) is 4.79 Å². The Morgan fingerprint density at radius 2 is 2.14 bits per heavy atom. The maximum absolute atomic E-state index is 13.7. The first-order valence-electron chi connectivity index (χ1n) is 6.28. The lowest BCUT2D eigenvalue weighted by Crippen LogP contribution is -2.29. The van der Waals surface area contributed by atoms with Gasteiger partial charge in [-0.1, -0.05) is 6.07 Å². The number of halogens is 1. The van der Waals surface area contributed by atoms with E-state index in [1.165, 1.54) is 17.4 Å². The van der Waals surface area contributed by atoms with Gasteiger partial charge in [-0.25, -0.2) is 9.18 Å². The lowest BCUT2D eigenvalue weighted by molar-refractivity contribution is -0.146. The highest BCUT2D eigenvalue weighted by atomic mass is 32.1. The summed E-state index contributed by atoms with van der Waals surface area (Å²) >= 11 is 1.18. The monoisotopic (exact) mass is 311 g/mol. The van der Waals surface area contributed by atoms with Crippen LogP contribution in [-0.2, 0) is 4.79 Å². The Labute approximate surface area is 124 Å². The van der Waals surface area contributed by atoms with E-state index in [2.05, 4.69) is 5.32 Å². The lowest BCUT2D eigenvalue weighted by atomic mass is 10.1. The molecule has 0 saturated heterocycles. The van der Waals surface area contributed by atoms with E-state index in [1.54, 1.807) is 19.1 Å². The predicted molar refractivity (Wildman–Crippen MR) is 77.1 cm³/mol. The second-order valence-electron chi connectivity index (χ2n) is 4.57. The molecule has 1 atom stereocenters. The smallest absolute Gasteiger partial charge is 0.332 e. The molecule has 0 saturated carbocycles. The van der Waals surface area contributed by atoms with Crippen molar-refractivity contribution >= 4 is 33.3 Å². The third-order valence-electron chi connectivity index (χ3n) is 3.10. The van der Waals surface area contributed by atoms with Crippen molar-refractivity contribution in [3.05, 3.63) is 34.5 Å². The molecule has 1 aromatic heterocycles. The molecule has 0 bridgehead atoms. The molecular formula is C14H14FNO4S. The van der Waals surface area contributed by atoms with E-state index in [1.807, 2.05) is 0 Å². The second kappa shape index (κ2) is 6.19. The molecule has 1 amide bonds. The number of benzene rings is 1. The number of aliphatic hydroxyl groups excluding tert-OH is 1. The summed E-state index contributed by atoms with van der Waals surface area (Å²) in [7, 11) is 0. The number of carboxylic acids is 1. The van der Waals surface area contributed by atoms with Crippen molar-refractivity contribution in [1.29, 1.82) is 0 Å². The highest BCUT2D eigenvalue weighted by Crippen LogP contribution is 2.32. The summed E-state index contributed by atoms with van der Waals surface area (Å²) in [6, 6.07) is 4.66. The molecular weight excluding hydrogens is 297 g/mol. The largest absolute Gasteiger partial charge is 0.479 e. The second-order valence-corrected chi connectivity index (χ2v) is 5.62. The maximum atomic E-state index is 13.7. The molecule has 7 heteroatoms. The molecule has 0 aliphatic rings. The van der Waals surface area contributed by atoms with Gasteiger partial charge in [0.1, 0.15) is 5.82 Å². The summed E-state index contributed by atoms with van der Waals surface area (Å²) < 4.78 is 14.4. The molecule has 1 heterocycles. The number of nitrogens with one attached hydrogen (secondary N) is 1. The summed E-state index contributed by atoms with van der Waals surface area (Å²) in [5.74, 6) is -2.10. The van der Waals surface area contributed by atoms with Crippen molar-refractivity contribution < 1.29 is 24.2 Å². The Hall–Kier alpha value is -1.99.